The number of rotatable bonds is 4. The highest BCUT2D eigenvalue weighted by Gasteiger charge is 2.40. The Hall–Kier alpha value is -2.29. The van der Waals surface area contributed by atoms with Gasteiger partial charge in [0.05, 0.1) is 19.7 Å². The van der Waals surface area contributed by atoms with Gasteiger partial charge >= 0.3 is 6.18 Å². The van der Waals surface area contributed by atoms with E-state index in [0.717, 1.165) is 0 Å². The molecule has 9 heteroatoms. The number of alkyl halides is 3. The van der Waals surface area contributed by atoms with Gasteiger partial charge in [-0.05, 0) is 43.7 Å². The van der Waals surface area contributed by atoms with Gasteiger partial charge in [0.2, 0.25) is 5.91 Å². The summed E-state index contributed by atoms with van der Waals surface area (Å²) in [6.07, 6.45) is -3.28. The van der Waals surface area contributed by atoms with Crippen LogP contribution in [0.15, 0.2) is 24.3 Å². The van der Waals surface area contributed by atoms with Crippen molar-refractivity contribution in [3.8, 4) is 5.75 Å². The summed E-state index contributed by atoms with van der Waals surface area (Å²) in [5.74, 6) is 0.263. The number of hydrogen-bond acceptors (Lipinski definition) is 4. The summed E-state index contributed by atoms with van der Waals surface area (Å²) in [4.78, 5) is 29.8. The minimum absolute atomic E-state index is 0.130. The van der Waals surface area contributed by atoms with Gasteiger partial charge < -0.3 is 14.5 Å². The maximum absolute atomic E-state index is 12.7. The topological polar surface area (TPSA) is 53.1 Å². The second kappa shape index (κ2) is 8.38. The molecular formula is C19H24F3N3O3. The molecule has 0 N–H and O–H groups in total. The molecule has 154 valence electrons. The molecule has 0 bridgehead atoms. The molecule has 0 aliphatic carbocycles. The van der Waals surface area contributed by atoms with Crippen LogP contribution < -0.4 is 4.74 Å². The minimum Gasteiger partial charge on any atom is -0.497 e. The van der Waals surface area contributed by atoms with E-state index in [0.29, 0.717) is 50.3 Å². The first-order valence-corrected chi connectivity index (χ1v) is 9.31. The highest BCUT2D eigenvalue weighted by molar-refractivity contribution is 5.94. The van der Waals surface area contributed by atoms with Gasteiger partial charge in [-0.15, -0.1) is 0 Å². The number of likely N-dealkylation sites (tertiary alicyclic amines) is 1. The molecule has 2 fully saturated rings. The van der Waals surface area contributed by atoms with E-state index in [1.165, 1.54) is 4.90 Å². The molecule has 2 aliphatic heterocycles. The summed E-state index contributed by atoms with van der Waals surface area (Å²) >= 11 is 0. The normalized spacial score (nSPS) is 21.1. The molecule has 2 saturated heterocycles. The van der Waals surface area contributed by atoms with Crippen LogP contribution in [0.25, 0.3) is 0 Å². The Morgan fingerprint density at radius 3 is 2.21 bits per heavy atom. The maximum Gasteiger partial charge on any atom is 0.401 e. The summed E-state index contributed by atoms with van der Waals surface area (Å²) in [7, 11) is 1.55. The highest BCUT2D eigenvalue weighted by atomic mass is 19.4. The Balaban J connectivity index is 1.55. The largest absolute Gasteiger partial charge is 0.497 e. The number of methoxy groups -OCH3 is 1. The molecule has 1 aromatic rings. The number of halogens is 3. The molecule has 2 amide bonds. The van der Waals surface area contributed by atoms with Crippen LogP contribution in [0.1, 0.15) is 23.2 Å². The van der Waals surface area contributed by atoms with Crippen molar-refractivity contribution in [1.82, 2.24) is 14.7 Å². The second-order valence-electron chi connectivity index (χ2n) is 7.09. The molecule has 6 nitrogen and oxygen atoms in total. The zero-order valence-electron chi connectivity index (χ0n) is 15.7. The first kappa shape index (κ1) is 20.4. The van der Waals surface area contributed by atoms with Crippen molar-refractivity contribution in [2.24, 2.45) is 0 Å². The van der Waals surface area contributed by atoms with E-state index in [1.807, 2.05) is 0 Å². The van der Waals surface area contributed by atoms with E-state index in [4.69, 9.17) is 4.74 Å². The lowest BCUT2D eigenvalue weighted by Gasteiger charge is -2.37. The van der Waals surface area contributed by atoms with Crippen LogP contribution in [0.4, 0.5) is 13.2 Å². The number of amides is 2. The van der Waals surface area contributed by atoms with Crippen molar-refractivity contribution in [3.63, 3.8) is 0 Å². The van der Waals surface area contributed by atoms with Crippen LogP contribution in [0, 0.1) is 0 Å². The van der Waals surface area contributed by atoms with Crippen LogP contribution in [0.3, 0.4) is 0 Å². The summed E-state index contributed by atoms with van der Waals surface area (Å²) in [6, 6.07) is 6.08. The minimum atomic E-state index is -4.31. The fraction of sp³-hybridized carbons (Fsp3) is 0.579. The average molecular weight is 399 g/mol. The Morgan fingerprint density at radius 2 is 1.64 bits per heavy atom. The standard InChI is InChI=1S/C19H24F3N3O3/c1-28-15-6-4-14(5-7-15)17(26)23-9-11-24(12-10-23)18(27)16-3-2-8-25(16)13-19(20,21)22/h4-7,16H,2-3,8-13H2,1H3. The first-order chi connectivity index (χ1) is 13.3. The van der Waals surface area contributed by atoms with Crippen molar-refractivity contribution in [3.05, 3.63) is 29.8 Å². The molecule has 0 aromatic heterocycles. The highest BCUT2D eigenvalue weighted by Crippen LogP contribution is 2.25. The van der Waals surface area contributed by atoms with E-state index in [2.05, 4.69) is 0 Å². The lowest BCUT2D eigenvalue weighted by atomic mass is 10.1. The van der Waals surface area contributed by atoms with Gasteiger partial charge in [0.15, 0.2) is 0 Å². The summed E-state index contributed by atoms with van der Waals surface area (Å²) in [5.41, 5.74) is 0.535. The number of ether oxygens (including phenoxy) is 1. The third kappa shape index (κ3) is 4.76. The van der Waals surface area contributed by atoms with Gasteiger partial charge in [0.1, 0.15) is 5.75 Å². The fourth-order valence-corrected chi connectivity index (χ4v) is 3.78. The van der Waals surface area contributed by atoms with Gasteiger partial charge in [-0.2, -0.15) is 13.2 Å². The Labute approximate surface area is 161 Å². The van der Waals surface area contributed by atoms with E-state index in [1.54, 1.807) is 41.2 Å². The smallest absolute Gasteiger partial charge is 0.401 e. The lowest BCUT2D eigenvalue weighted by Crippen LogP contribution is -2.55. The maximum atomic E-state index is 12.7. The molecule has 1 aromatic carbocycles. The average Bonchev–Trinajstić information content (AvgIpc) is 3.13. The number of nitrogens with zero attached hydrogens (tertiary/aromatic N) is 3. The van der Waals surface area contributed by atoms with Crippen molar-refractivity contribution in [2.45, 2.75) is 25.1 Å². The molecule has 1 atom stereocenters. The van der Waals surface area contributed by atoms with Crippen LogP contribution in [-0.4, -0.2) is 85.1 Å². The predicted molar refractivity (Wildman–Crippen MR) is 96.1 cm³/mol. The van der Waals surface area contributed by atoms with Gasteiger partial charge in [0, 0.05) is 31.7 Å². The SMILES string of the molecule is COc1ccc(C(=O)N2CCN(C(=O)C3CCCN3CC(F)(F)F)CC2)cc1. The van der Waals surface area contributed by atoms with Gasteiger partial charge in [0.25, 0.3) is 5.91 Å². The van der Waals surface area contributed by atoms with E-state index < -0.39 is 18.8 Å². The quantitative estimate of drug-likeness (QED) is 0.777. The Morgan fingerprint density at radius 1 is 1.04 bits per heavy atom. The van der Waals surface area contributed by atoms with Crippen molar-refractivity contribution in [2.75, 3.05) is 46.4 Å². The number of piperazine rings is 1. The van der Waals surface area contributed by atoms with Gasteiger partial charge in [-0.3, -0.25) is 14.5 Å². The lowest BCUT2D eigenvalue weighted by molar-refractivity contribution is -0.155. The summed E-state index contributed by atoms with van der Waals surface area (Å²) in [6.45, 7) is 0.616. The monoisotopic (exact) mass is 399 g/mol. The molecule has 3 rings (SSSR count). The van der Waals surface area contributed by atoms with E-state index >= 15 is 0 Å². The van der Waals surface area contributed by atoms with Crippen molar-refractivity contribution < 1.29 is 27.5 Å². The zero-order valence-corrected chi connectivity index (χ0v) is 15.7. The molecule has 0 saturated carbocycles. The first-order valence-electron chi connectivity index (χ1n) is 9.31. The van der Waals surface area contributed by atoms with Crippen molar-refractivity contribution in [1.29, 1.82) is 0 Å². The van der Waals surface area contributed by atoms with E-state index in [-0.39, 0.29) is 18.4 Å². The molecule has 2 heterocycles. The molecule has 0 radical (unpaired) electrons. The zero-order chi connectivity index (χ0) is 20.3. The number of benzene rings is 1. The van der Waals surface area contributed by atoms with Crippen LogP contribution in [0.5, 0.6) is 5.75 Å². The summed E-state index contributed by atoms with van der Waals surface area (Å²) < 4.78 is 43.2. The van der Waals surface area contributed by atoms with Gasteiger partial charge in [-0.1, -0.05) is 0 Å². The number of hydrogen-bond donors (Lipinski definition) is 0. The molecule has 0 spiro atoms. The third-order valence-electron chi connectivity index (χ3n) is 5.25. The number of carbonyl (C=O) groups excluding carboxylic acids is 2. The molecule has 2 aliphatic rings. The van der Waals surface area contributed by atoms with Crippen LogP contribution in [0.2, 0.25) is 0 Å². The second-order valence-corrected chi connectivity index (χ2v) is 7.09. The molecule has 28 heavy (non-hydrogen) atoms. The van der Waals surface area contributed by atoms with Crippen LogP contribution in [-0.2, 0) is 4.79 Å². The van der Waals surface area contributed by atoms with Crippen LogP contribution >= 0.6 is 0 Å². The van der Waals surface area contributed by atoms with E-state index in [9.17, 15) is 22.8 Å². The molecular weight excluding hydrogens is 375 g/mol. The Kier molecular flexibility index (Phi) is 6.12. The summed E-state index contributed by atoms with van der Waals surface area (Å²) in [5, 5.41) is 0. The third-order valence-corrected chi connectivity index (χ3v) is 5.25. The van der Waals surface area contributed by atoms with Gasteiger partial charge in [-0.25, -0.2) is 0 Å². The van der Waals surface area contributed by atoms with Crippen molar-refractivity contribution >= 4 is 11.8 Å². The number of carbonyl (C=O) groups is 2. The fourth-order valence-electron chi connectivity index (χ4n) is 3.78. The predicted octanol–water partition coefficient (Wildman–Crippen LogP) is 2.01. The molecule has 1 unspecified atom stereocenters. The Bertz CT molecular complexity index is 701.